The van der Waals surface area contributed by atoms with E-state index in [-0.39, 0.29) is 5.92 Å². The highest BCUT2D eigenvalue weighted by Crippen LogP contribution is 2.38. The molecular weight excluding hydrogens is 681 g/mol. The van der Waals surface area contributed by atoms with Crippen LogP contribution in [0.3, 0.4) is 0 Å². The number of nitrogens with one attached hydrogen (secondary N) is 1. The molecule has 0 radical (unpaired) electrons. The third-order valence-electron chi connectivity index (χ3n) is 10.8. The summed E-state index contributed by atoms with van der Waals surface area (Å²) in [5.41, 5.74) is 9.94. The number of aliphatic carboxylic acids is 1. The lowest BCUT2D eigenvalue weighted by Crippen LogP contribution is -2.29. The van der Waals surface area contributed by atoms with Crippen molar-refractivity contribution in [1.82, 2.24) is 29.7 Å². The number of nitrogens with zero attached hydrogens (tertiary/aromatic N) is 7. The molecule has 12 nitrogen and oxygen atoms in total. The van der Waals surface area contributed by atoms with E-state index in [0.29, 0.717) is 78.9 Å². The molecule has 8 rings (SSSR count). The van der Waals surface area contributed by atoms with E-state index >= 15 is 0 Å². The van der Waals surface area contributed by atoms with E-state index in [4.69, 9.17) is 24.4 Å². The van der Waals surface area contributed by atoms with E-state index in [1.165, 1.54) is 0 Å². The number of benzene rings is 3. The van der Waals surface area contributed by atoms with Crippen LogP contribution in [-0.4, -0.2) is 77.7 Å². The smallest absolute Gasteiger partial charge is 0.307 e. The lowest BCUT2D eigenvalue weighted by molar-refractivity contribution is -0.141. The monoisotopic (exact) mass is 722 g/mol. The SMILES string of the molecule is Cc1nc(Nc2cccc(-c3cccc(-c4nc5cc(CN6CCC(C(=O)O)C6)cc(C#N)c5o4)c3C)c2C)c2ncc(CN3CC[C@@](C)(O)C3)cc2n1. The summed E-state index contributed by atoms with van der Waals surface area (Å²) < 4.78 is 6.29. The van der Waals surface area contributed by atoms with Gasteiger partial charge in [-0.2, -0.15) is 5.26 Å². The van der Waals surface area contributed by atoms with Crippen molar-refractivity contribution in [3.05, 3.63) is 94.4 Å². The molecule has 0 aliphatic carbocycles. The van der Waals surface area contributed by atoms with Crippen LogP contribution in [0.2, 0.25) is 0 Å². The number of carbonyl (C=O) groups is 1. The number of nitriles is 1. The minimum atomic E-state index is -0.769. The first-order valence-corrected chi connectivity index (χ1v) is 18.3. The average Bonchev–Trinajstić information content (AvgIpc) is 3.87. The van der Waals surface area contributed by atoms with Gasteiger partial charge >= 0.3 is 5.97 Å². The average molecular weight is 723 g/mol. The summed E-state index contributed by atoms with van der Waals surface area (Å²) in [6, 6.07) is 20.3. The fraction of sp³-hybridized carbons (Fsp3) is 0.333. The zero-order chi connectivity index (χ0) is 37.7. The van der Waals surface area contributed by atoms with Crippen LogP contribution < -0.4 is 5.32 Å². The highest BCUT2D eigenvalue weighted by atomic mass is 16.4. The molecule has 0 spiro atoms. The Morgan fingerprint density at radius 3 is 2.44 bits per heavy atom. The van der Waals surface area contributed by atoms with Crippen molar-refractivity contribution < 1.29 is 19.4 Å². The van der Waals surface area contributed by atoms with Crippen LogP contribution in [0.1, 0.15) is 53.4 Å². The maximum absolute atomic E-state index is 11.5. The summed E-state index contributed by atoms with van der Waals surface area (Å²) in [7, 11) is 0. The van der Waals surface area contributed by atoms with Gasteiger partial charge in [-0.1, -0.05) is 24.3 Å². The topological polar surface area (TPSA) is 165 Å². The molecule has 5 heterocycles. The standard InChI is InChI=1S/C42H42N8O4/c1-24-31(7-5-9-33(24)40-48-36-16-27(15-30(18-43)38(36)54-40)20-49-13-11-29(22-49)41(51)52)32-8-6-10-34(25(32)2)47-39-37-35(45-26(3)46-39)17-28(19-44-37)21-50-14-12-42(4,53)23-50/h5-10,15-17,19,29,53H,11-14,20-23H2,1-4H3,(H,51,52)(H,45,46,47)/t29?,42-/m1/s1. The van der Waals surface area contributed by atoms with Gasteiger partial charge in [-0.3, -0.25) is 19.6 Å². The number of fused-ring (bicyclic) bond motifs is 2. The van der Waals surface area contributed by atoms with Gasteiger partial charge in [-0.15, -0.1) is 0 Å². The highest BCUT2D eigenvalue weighted by molar-refractivity contribution is 5.90. The van der Waals surface area contributed by atoms with Crippen LogP contribution in [0.5, 0.6) is 0 Å². The summed E-state index contributed by atoms with van der Waals surface area (Å²) in [6.45, 7) is 11.8. The fourth-order valence-corrected chi connectivity index (χ4v) is 7.95. The van der Waals surface area contributed by atoms with Crippen molar-refractivity contribution in [2.45, 2.75) is 59.2 Å². The van der Waals surface area contributed by atoms with E-state index in [9.17, 15) is 20.3 Å². The van der Waals surface area contributed by atoms with Gasteiger partial charge in [0.1, 0.15) is 22.9 Å². The number of aromatic nitrogens is 4. The third kappa shape index (κ3) is 6.89. The molecule has 12 heteroatoms. The molecule has 3 N–H and O–H groups in total. The molecule has 274 valence electrons. The molecule has 2 fully saturated rings. The predicted molar refractivity (Wildman–Crippen MR) is 206 cm³/mol. The van der Waals surface area contributed by atoms with Crippen LogP contribution in [-0.2, 0) is 17.9 Å². The van der Waals surface area contributed by atoms with Crippen molar-refractivity contribution in [3.63, 3.8) is 0 Å². The number of rotatable bonds is 9. The first-order valence-electron chi connectivity index (χ1n) is 18.3. The molecule has 0 bridgehead atoms. The second kappa shape index (κ2) is 13.9. The normalized spacial score (nSPS) is 19.1. The minimum Gasteiger partial charge on any atom is -0.481 e. The number of hydrogen-bond acceptors (Lipinski definition) is 11. The number of aliphatic hydroxyl groups is 1. The van der Waals surface area contributed by atoms with Gasteiger partial charge in [0.15, 0.2) is 11.4 Å². The first-order chi connectivity index (χ1) is 25.9. The van der Waals surface area contributed by atoms with E-state index in [0.717, 1.165) is 63.1 Å². The zero-order valence-corrected chi connectivity index (χ0v) is 30.8. The van der Waals surface area contributed by atoms with Crippen molar-refractivity contribution >= 4 is 39.6 Å². The maximum atomic E-state index is 11.5. The Bertz CT molecular complexity index is 2490. The van der Waals surface area contributed by atoms with Crippen LogP contribution in [0.4, 0.5) is 11.5 Å². The number of likely N-dealkylation sites (tertiary alicyclic amines) is 2. The molecule has 2 aliphatic rings. The first kappa shape index (κ1) is 35.3. The Labute approximate surface area is 313 Å². The number of anilines is 2. The second-order valence-electron chi connectivity index (χ2n) is 15.1. The van der Waals surface area contributed by atoms with Crippen molar-refractivity contribution in [1.29, 1.82) is 5.26 Å². The van der Waals surface area contributed by atoms with Crippen LogP contribution in [0.25, 0.3) is 44.7 Å². The van der Waals surface area contributed by atoms with Gasteiger partial charge < -0.3 is 19.9 Å². The Morgan fingerprint density at radius 1 is 0.963 bits per heavy atom. The molecular formula is C42H42N8O4. The van der Waals surface area contributed by atoms with Crippen LogP contribution >= 0.6 is 0 Å². The third-order valence-corrected chi connectivity index (χ3v) is 10.8. The number of oxazole rings is 1. The number of carboxylic acid groups (broad SMARTS) is 1. The number of β-amino-alcohol motifs (C(OH)–C–C–N with tert-alkyl or cyclic N) is 1. The Morgan fingerprint density at radius 2 is 1.70 bits per heavy atom. The molecule has 0 saturated carbocycles. The van der Waals surface area contributed by atoms with E-state index in [2.05, 4.69) is 46.3 Å². The van der Waals surface area contributed by atoms with Crippen molar-refractivity contribution in [2.24, 2.45) is 5.92 Å². The molecule has 3 aromatic heterocycles. The zero-order valence-electron chi connectivity index (χ0n) is 30.8. The predicted octanol–water partition coefficient (Wildman–Crippen LogP) is 6.90. The van der Waals surface area contributed by atoms with Gasteiger partial charge in [0.2, 0.25) is 5.89 Å². The number of carboxylic acids is 1. The number of hydrogen-bond donors (Lipinski definition) is 3. The molecule has 54 heavy (non-hydrogen) atoms. The molecule has 2 atom stereocenters. The second-order valence-corrected chi connectivity index (χ2v) is 15.1. The van der Waals surface area contributed by atoms with Gasteiger partial charge in [-0.25, -0.2) is 15.0 Å². The molecule has 1 unspecified atom stereocenters. The van der Waals surface area contributed by atoms with E-state index in [1.807, 2.05) is 63.4 Å². The maximum Gasteiger partial charge on any atom is 0.307 e. The largest absolute Gasteiger partial charge is 0.481 e. The summed E-state index contributed by atoms with van der Waals surface area (Å²) in [6.07, 6.45) is 3.24. The van der Waals surface area contributed by atoms with E-state index in [1.54, 1.807) is 0 Å². The van der Waals surface area contributed by atoms with Gasteiger partial charge in [0, 0.05) is 50.2 Å². The van der Waals surface area contributed by atoms with Crippen LogP contribution in [0, 0.1) is 38.0 Å². The number of aryl methyl sites for hydroxylation is 1. The fourth-order valence-electron chi connectivity index (χ4n) is 7.95. The van der Waals surface area contributed by atoms with Gasteiger partial charge in [-0.05, 0) is 111 Å². The van der Waals surface area contributed by atoms with E-state index < -0.39 is 11.6 Å². The quantitative estimate of drug-likeness (QED) is 0.142. The van der Waals surface area contributed by atoms with Crippen molar-refractivity contribution in [3.8, 4) is 28.7 Å². The Kier molecular flexibility index (Phi) is 9.09. The summed E-state index contributed by atoms with van der Waals surface area (Å²) in [5, 5.41) is 33.4. The lowest BCUT2D eigenvalue weighted by atomic mass is 9.93. The van der Waals surface area contributed by atoms with Gasteiger partial charge in [0.25, 0.3) is 0 Å². The molecule has 2 saturated heterocycles. The van der Waals surface area contributed by atoms with Crippen LogP contribution in [0.15, 0.2) is 65.2 Å². The summed E-state index contributed by atoms with van der Waals surface area (Å²) >= 11 is 0. The van der Waals surface area contributed by atoms with Crippen molar-refractivity contribution in [2.75, 3.05) is 31.5 Å². The Hall–Kier alpha value is -5.74. The lowest BCUT2D eigenvalue weighted by Gasteiger charge is -2.19. The molecule has 6 aromatic rings. The summed E-state index contributed by atoms with van der Waals surface area (Å²) in [4.78, 5) is 34.9. The molecule has 0 amide bonds. The Balaban J connectivity index is 1.07. The van der Waals surface area contributed by atoms with Gasteiger partial charge in [0.05, 0.1) is 22.6 Å². The minimum absolute atomic E-state index is 0.369. The summed E-state index contributed by atoms with van der Waals surface area (Å²) in [5.74, 6) is 0.559. The highest BCUT2D eigenvalue weighted by Gasteiger charge is 2.31. The number of pyridine rings is 1. The molecule has 3 aromatic carbocycles. The molecule has 2 aliphatic heterocycles.